The molecular formula is C21H19N5O2. The van der Waals surface area contributed by atoms with E-state index in [9.17, 15) is 20.6 Å². The van der Waals surface area contributed by atoms with Gasteiger partial charge in [0.15, 0.2) is 5.41 Å². The van der Waals surface area contributed by atoms with Crippen molar-refractivity contribution in [1.29, 1.82) is 15.8 Å². The third-order valence-electron chi connectivity index (χ3n) is 5.56. The summed E-state index contributed by atoms with van der Waals surface area (Å²) in [6.45, 7) is 2.13. The van der Waals surface area contributed by atoms with Crippen molar-refractivity contribution < 1.29 is 9.53 Å². The molecule has 0 bridgehead atoms. The molecule has 1 aromatic carbocycles. The Morgan fingerprint density at radius 3 is 2.61 bits per heavy atom. The fourth-order valence-corrected chi connectivity index (χ4v) is 4.15. The Labute approximate surface area is 163 Å². The Kier molecular flexibility index (Phi) is 4.82. The summed E-state index contributed by atoms with van der Waals surface area (Å²) >= 11 is 0. The predicted molar refractivity (Wildman–Crippen MR) is 100 cm³/mol. The highest BCUT2D eigenvalue weighted by Gasteiger charge is 2.54. The zero-order valence-corrected chi connectivity index (χ0v) is 15.6. The third-order valence-corrected chi connectivity index (χ3v) is 5.56. The van der Waals surface area contributed by atoms with Gasteiger partial charge in [0.2, 0.25) is 5.91 Å². The molecule has 1 aromatic rings. The lowest BCUT2D eigenvalue weighted by Crippen LogP contribution is -2.48. The van der Waals surface area contributed by atoms with Crippen molar-refractivity contribution >= 4 is 5.91 Å². The molecule has 0 unspecified atom stereocenters. The Balaban J connectivity index is 2.31. The van der Waals surface area contributed by atoms with E-state index in [-0.39, 0.29) is 17.2 Å². The average molecular weight is 373 g/mol. The number of rotatable bonds is 2. The van der Waals surface area contributed by atoms with Crippen molar-refractivity contribution in [3.63, 3.8) is 0 Å². The number of carbonyl (C=O) groups is 1. The van der Waals surface area contributed by atoms with Gasteiger partial charge in [0.05, 0.1) is 30.5 Å². The lowest BCUT2D eigenvalue weighted by molar-refractivity contribution is -0.129. The maximum Gasteiger partial charge on any atom is 0.219 e. The zero-order valence-electron chi connectivity index (χ0n) is 15.6. The molecule has 0 aromatic heterocycles. The lowest BCUT2D eigenvalue weighted by Gasteiger charge is -2.45. The molecule has 28 heavy (non-hydrogen) atoms. The van der Waals surface area contributed by atoms with Gasteiger partial charge in [-0.1, -0.05) is 18.2 Å². The second-order valence-electron chi connectivity index (χ2n) is 6.88. The van der Waals surface area contributed by atoms with Gasteiger partial charge in [-0.05, 0) is 23.3 Å². The number of hydrogen-bond acceptors (Lipinski definition) is 6. The number of nitrogens with zero attached hydrogens (tertiary/aromatic N) is 4. The molecule has 0 fully saturated rings. The molecule has 1 heterocycles. The molecule has 1 amide bonds. The van der Waals surface area contributed by atoms with Gasteiger partial charge in [0.25, 0.3) is 0 Å². The minimum atomic E-state index is -1.72. The number of amides is 1. The van der Waals surface area contributed by atoms with E-state index in [4.69, 9.17) is 10.5 Å². The van der Waals surface area contributed by atoms with E-state index >= 15 is 0 Å². The number of ether oxygens (including phenoxy) is 1. The highest BCUT2D eigenvalue weighted by molar-refractivity contribution is 5.74. The average Bonchev–Trinajstić information content (AvgIpc) is 2.72. The van der Waals surface area contributed by atoms with Crippen LogP contribution in [0.4, 0.5) is 0 Å². The second kappa shape index (κ2) is 7.10. The van der Waals surface area contributed by atoms with Crippen LogP contribution in [0.25, 0.3) is 0 Å². The number of hydrogen-bond donors (Lipinski definition) is 1. The van der Waals surface area contributed by atoms with Gasteiger partial charge < -0.3 is 15.4 Å². The van der Waals surface area contributed by atoms with Crippen molar-refractivity contribution in [1.82, 2.24) is 4.90 Å². The topological polar surface area (TPSA) is 127 Å². The lowest BCUT2D eigenvalue weighted by atomic mass is 9.58. The van der Waals surface area contributed by atoms with Crippen LogP contribution in [0.5, 0.6) is 5.75 Å². The zero-order chi connectivity index (χ0) is 20.5. The molecule has 1 aliphatic heterocycles. The summed E-state index contributed by atoms with van der Waals surface area (Å²) in [5, 5.41) is 29.7. The number of nitriles is 3. The predicted octanol–water partition coefficient (Wildman–Crippen LogP) is 1.97. The van der Waals surface area contributed by atoms with Gasteiger partial charge in [-0.3, -0.25) is 4.79 Å². The first-order chi connectivity index (χ1) is 13.4. The molecule has 140 valence electrons. The SMILES string of the molecule is COc1cccc([C@H]2[C@H]3CN(C(C)=O)CC=C3C(C#N)=C(N)C2(C#N)C#N)c1. The molecule has 0 radical (unpaired) electrons. The number of carbonyl (C=O) groups excluding carboxylic acids is 1. The molecule has 1 aliphatic carbocycles. The number of methoxy groups -OCH3 is 1. The molecule has 7 nitrogen and oxygen atoms in total. The highest BCUT2D eigenvalue weighted by Crippen LogP contribution is 2.54. The number of benzene rings is 1. The number of allylic oxidation sites excluding steroid dienone is 2. The minimum Gasteiger partial charge on any atom is -0.497 e. The van der Waals surface area contributed by atoms with E-state index in [0.717, 1.165) is 0 Å². The molecule has 2 N–H and O–H groups in total. The molecule has 2 aliphatic rings. The second-order valence-corrected chi connectivity index (χ2v) is 6.88. The van der Waals surface area contributed by atoms with E-state index in [0.29, 0.717) is 30.0 Å². The van der Waals surface area contributed by atoms with E-state index in [1.807, 2.05) is 6.07 Å². The smallest absolute Gasteiger partial charge is 0.219 e. The first-order valence-electron chi connectivity index (χ1n) is 8.76. The summed E-state index contributed by atoms with van der Waals surface area (Å²) in [4.78, 5) is 13.6. The molecule has 0 saturated heterocycles. The van der Waals surface area contributed by atoms with Crippen LogP contribution in [0.2, 0.25) is 0 Å². The van der Waals surface area contributed by atoms with E-state index in [2.05, 4.69) is 18.2 Å². The van der Waals surface area contributed by atoms with Crippen molar-refractivity contribution in [2.45, 2.75) is 12.8 Å². The van der Waals surface area contributed by atoms with Gasteiger partial charge in [-0.25, -0.2) is 0 Å². The fraction of sp³-hybridized carbons (Fsp3) is 0.333. The van der Waals surface area contributed by atoms with Gasteiger partial charge >= 0.3 is 0 Å². The summed E-state index contributed by atoms with van der Waals surface area (Å²) in [6, 6.07) is 13.4. The van der Waals surface area contributed by atoms with Crippen LogP contribution in [0, 0.1) is 45.3 Å². The summed E-state index contributed by atoms with van der Waals surface area (Å²) in [5.74, 6) is -0.588. The van der Waals surface area contributed by atoms with Gasteiger partial charge in [0.1, 0.15) is 11.8 Å². The first kappa shape index (κ1) is 19.0. The minimum absolute atomic E-state index is 0.0356. The number of nitrogens with two attached hydrogens (primary N) is 1. The van der Waals surface area contributed by atoms with Gasteiger partial charge in [-0.15, -0.1) is 0 Å². The standard InChI is InChI=1S/C21H19N5O2/c1-13(27)26-7-6-16-17(9-22)20(25)21(11-23,12-24)19(18(16)10-26)14-4-3-5-15(8-14)28-2/h3-6,8,18-19H,7,10,25H2,1-2H3/t18-,19-/m0/s1. The highest BCUT2D eigenvalue weighted by atomic mass is 16.5. The molecule has 2 atom stereocenters. The summed E-state index contributed by atoms with van der Waals surface area (Å²) < 4.78 is 5.31. The van der Waals surface area contributed by atoms with Crippen molar-refractivity contribution in [3.05, 3.63) is 52.7 Å². The van der Waals surface area contributed by atoms with E-state index in [1.165, 1.54) is 14.0 Å². The van der Waals surface area contributed by atoms with Crippen molar-refractivity contribution in [2.75, 3.05) is 20.2 Å². The fourth-order valence-electron chi connectivity index (χ4n) is 4.15. The number of fused-ring (bicyclic) bond motifs is 1. The molecule has 7 heteroatoms. The monoisotopic (exact) mass is 373 g/mol. The van der Waals surface area contributed by atoms with Gasteiger partial charge in [0, 0.05) is 31.8 Å². The van der Waals surface area contributed by atoms with Crippen LogP contribution in [0.15, 0.2) is 47.2 Å². The van der Waals surface area contributed by atoms with Crippen LogP contribution >= 0.6 is 0 Å². The molecule has 0 spiro atoms. The quantitative estimate of drug-likeness (QED) is 0.844. The van der Waals surface area contributed by atoms with Crippen LogP contribution in [0.3, 0.4) is 0 Å². The van der Waals surface area contributed by atoms with Crippen molar-refractivity contribution in [3.8, 4) is 24.0 Å². The van der Waals surface area contributed by atoms with Crippen LogP contribution in [0.1, 0.15) is 18.4 Å². The Morgan fingerprint density at radius 1 is 1.32 bits per heavy atom. The van der Waals surface area contributed by atoms with Crippen LogP contribution in [-0.4, -0.2) is 31.0 Å². The van der Waals surface area contributed by atoms with Crippen LogP contribution < -0.4 is 10.5 Å². The Bertz CT molecular complexity index is 1000. The van der Waals surface area contributed by atoms with E-state index < -0.39 is 17.3 Å². The normalized spacial score (nSPS) is 22.8. The molecular weight excluding hydrogens is 354 g/mol. The first-order valence-corrected chi connectivity index (χ1v) is 8.76. The Hall–Kier alpha value is -3.76. The third kappa shape index (κ3) is 2.68. The maximum atomic E-state index is 12.0. The van der Waals surface area contributed by atoms with E-state index in [1.54, 1.807) is 29.2 Å². The summed E-state index contributed by atoms with van der Waals surface area (Å²) in [7, 11) is 1.54. The maximum absolute atomic E-state index is 12.0. The molecule has 3 rings (SSSR count). The van der Waals surface area contributed by atoms with Crippen molar-refractivity contribution in [2.24, 2.45) is 17.1 Å². The molecule has 0 saturated carbocycles. The largest absolute Gasteiger partial charge is 0.497 e. The summed E-state index contributed by atoms with van der Waals surface area (Å²) in [6.07, 6.45) is 1.80. The van der Waals surface area contributed by atoms with Gasteiger partial charge in [-0.2, -0.15) is 15.8 Å². The summed E-state index contributed by atoms with van der Waals surface area (Å²) in [5.41, 5.74) is 6.04. The van der Waals surface area contributed by atoms with Crippen LogP contribution in [-0.2, 0) is 4.79 Å². The Morgan fingerprint density at radius 2 is 2.04 bits per heavy atom.